The number of hydrogen-bond acceptors (Lipinski definition) is 7. The van der Waals surface area contributed by atoms with Gasteiger partial charge in [-0.2, -0.15) is 4.98 Å². The zero-order valence-electron chi connectivity index (χ0n) is 17.1. The molecule has 0 fully saturated rings. The van der Waals surface area contributed by atoms with Gasteiger partial charge in [-0.05, 0) is 32.2 Å². The molecule has 1 N–H and O–H groups in total. The number of likely N-dealkylation sites (N-methyl/N-ethyl adjacent to an activating group) is 1. The highest BCUT2D eigenvalue weighted by molar-refractivity contribution is 7.98. The summed E-state index contributed by atoms with van der Waals surface area (Å²) in [6, 6.07) is 7.13. The van der Waals surface area contributed by atoms with E-state index < -0.39 is 0 Å². The van der Waals surface area contributed by atoms with Crippen molar-refractivity contribution in [2.75, 3.05) is 13.3 Å². The number of aryl methyl sites for hydroxylation is 2. The number of fused-ring (bicyclic) bond motifs is 2. The Morgan fingerprint density at radius 1 is 1.20 bits per heavy atom. The van der Waals surface area contributed by atoms with Crippen LogP contribution in [0.3, 0.4) is 0 Å². The molecule has 0 saturated carbocycles. The molecule has 9 nitrogen and oxygen atoms in total. The molecule has 0 bridgehead atoms. The van der Waals surface area contributed by atoms with Crippen LogP contribution in [0.5, 0.6) is 0 Å². The SMILES string of the molecule is CSc1nc2nc(C)c(CC(=O)N(C)Cc3nc4ccccc4c(=O)[nH]3)c(C)n2n1. The largest absolute Gasteiger partial charge is 0.338 e. The lowest BCUT2D eigenvalue weighted by molar-refractivity contribution is -0.129. The van der Waals surface area contributed by atoms with E-state index in [1.165, 1.54) is 11.8 Å². The van der Waals surface area contributed by atoms with Crippen LogP contribution in [0.1, 0.15) is 22.8 Å². The number of para-hydroxylation sites is 1. The number of hydrogen-bond donors (Lipinski definition) is 1. The number of carbonyl (C=O) groups is 1. The second-order valence-corrected chi connectivity index (χ2v) is 7.80. The molecule has 4 rings (SSSR count). The van der Waals surface area contributed by atoms with Crippen LogP contribution in [0, 0.1) is 13.8 Å². The maximum absolute atomic E-state index is 12.9. The first-order valence-corrected chi connectivity index (χ1v) is 10.6. The summed E-state index contributed by atoms with van der Waals surface area (Å²) in [7, 11) is 1.69. The lowest BCUT2D eigenvalue weighted by Gasteiger charge is -2.18. The monoisotopic (exact) mass is 423 g/mol. The van der Waals surface area contributed by atoms with Gasteiger partial charge < -0.3 is 9.88 Å². The Balaban J connectivity index is 1.57. The number of rotatable bonds is 5. The Kier molecular flexibility index (Phi) is 5.25. The molecule has 1 aromatic carbocycles. The fourth-order valence-corrected chi connectivity index (χ4v) is 3.68. The second-order valence-electron chi connectivity index (χ2n) is 7.03. The molecule has 0 atom stereocenters. The number of amides is 1. The van der Waals surface area contributed by atoms with Crippen molar-refractivity contribution in [3.63, 3.8) is 0 Å². The highest BCUT2D eigenvalue weighted by atomic mass is 32.2. The van der Waals surface area contributed by atoms with Crippen molar-refractivity contribution in [1.29, 1.82) is 0 Å². The Morgan fingerprint density at radius 2 is 1.97 bits per heavy atom. The van der Waals surface area contributed by atoms with Crippen molar-refractivity contribution in [2.45, 2.75) is 32.0 Å². The molecule has 0 aliphatic rings. The zero-order chi connectivity index (χ0) is 21.4. The molecular formula is C20H21N7O2S. The first-order valence-electron chi connectivity index (χ1n) is 9.36. The van der Waals surface area contributed by atoms with Crippen molar-refractivity contribution in [3.05, 3.63) is 57.4 Å². The number of benzene rings is 1. The third kappa shape index (κ3) is 3.65. The number of aromatic amines is 1. The minimum atomic E-state index is -0.214. The van der Waals surface area contributed by atoms with E-state index in [0.29, 0.717) is 27.7 Å². The van der Waals surface area contributed by atoms with Crippen LogP contribution in [-0.4, -0.2) is 53.7 Å². The first kappa shape index (κ1) is 20.0. The number of H-pyrrole nitrogens is 1. The summed E-state index contributed by atoms with van der Waals surface area (Å²) >= 11 is 1.44. The van der Waals surface area contributed by atoms with Gasteiger partial charge in [-0.25, -0.2) is 14.5 Å². The van der Waals surface area contributed by atoms with E-state index in [1.807, 2.05) is 26.2 Å². The van der Waals surface area contributed by atoms with E-state index in [1.54, 1.807) is 34.7 Å². The number of nitrogens with one attached hydrogen (secondary N) is 1. The van der Waals surface area contributed by atoms with E-state index in [0.717, 1.165) is 17.0 Å². The minimum absolute atomic E-state index is 0.108. The van der Waals surface area contributed by atoms with E-state index in [2.05, 4.69) is 25.0 Å². The highest BCUT2D eigenvalue weighted by Gasteiger charge is 2.19. The normalized spacial score (nSPS) is 11.3. The third-order valence-electron chi connectivity index (χ3n) is 5.01. The summed E-state index contributed by atoms with van der Waals surface area (Å²) in [6.45, 7) is 3.98. The second kappa shape index (κ2) is 7.86. The van der Waals surface area contributed by atoms with Crippen molar-refractivity contribution < 1.29 is 4.79 Å². The van der Waals surface area contributed by atoms with E-state index in [9.17, 15) is 9.59 Å². The van der Waals surface area contributed by atoms with Crippen molar-refractivity contribution in [2.24, 2.45) is 0 Å². The van der Waals surface area contributed by atoms with Crippen molar-refractivity contribution in [3.8, 4) is 0 Å². The topological polar surface area (TPSA) is 109 Å². The van der Waals surface area contributed by atoms with Gasteiger partial charge in [-0.1, -0.05) is 23.9 Å². The minimum Gasteiger partial charge on any atom is -0.338 e. The summed E-state index contributed by atoms with van der Waals surface area (Å²) < 4.78 is 1.67. The summed E-state index contributed by atoms with van der Waals surface area (Å²) in [5.74, 6) is 0.859. The van der Waals surface area contributed by atoms with Gasteiger partial charge in [0, 0.05) is 24.0 Å². The molecule has 3 heterocycles. The summed E-state index contributed by atoms with van der Waals surface area (Å²) in [5, 5.41) is 5.58. The van der Waals surface area contributed by atoms with Crippen molar-refractivity contribution >= 4 is 34.3 Å². The lowest BCUT2D eigenvalue weighted by Crippen LogP contribution is -2.30. The molecule has 0 aliphatic carbocycles. The molecule has 0 spiro atoms. The number of carbonyl (C=O) groups excluding carboxylic acids is 1. The number of aromatic nitrogens is 6. The summed E-state index contributed by atoms with van der Waals surface area (Å²) in [4.78, 5) is 42.8. The van der Waals surface area contributed by atoms with Crippen LogP contribution in [0.15, 0.2) is 34.2 Å². The van der Waals surface area contributed by atoms with Gasteiger partial charge in [0.1, 0.15) is 5.82 Å². The van der Waals surface area contributed by atoms with Crippen LogP contribution < -0.4 is 5.56 Å². The van der Waals surface area contributed by atoms with Crippen molar-refractivity contribution in [1.82, 2.24) is 34.4 Å². The Morgan fingerprint density at radius 3 is 2.73 bits per heavy atom. The summed E-state index contributed by atoms with van der Waals surface area (Å²) in [5.41, 5.74) is 2.79. The van der Waals surface area contributed by atoms with Gasteiger partial charge in [0.2, 0.25) is 11.1 Å². The van der Waals surface area contributed by atoms with Crippen LogP contribution >= 0.6 is 11.8 Å². The van der Waals surface area contributed by atoms with E-state index in [4.69, 9.17) is 0 Å². The molecule has 0 unspecified atom stereocenters. The van der Waals surface area contributed by atoms with Gasteiger partial charge in [-0.15, -0.1) is 5.10 Å². The standard InChI is InChI=1S/C20H21N7O2S/c1-11-14(12(2)27-19(21-11)24-20(25-27)30-4)9-17(28)26(3)10-16-22-15-8-6-5-7-13(15)18(29)23-16/h5-8H,9-10H2,1-4H3,(H,22,23,29). The molecule has 1 amide bonds. The number of thioether (sulfide) groups is 1. The first-order chi connectivity index (χ1) is 14.4. The molecule has 0 aliphatic heterocycles. The molecule has 154 valence electrons. The molecule has 10 heteroatoms. The van der Waals surface area contributed by atoms with Crippen LogP contribution in [0.4, 0.5) is 0 Å². The average molecular weight is 424 g/mol. The molecule has 4 aromatic rings. The number of nitrogens with zero attached hydrogens (tertiary/aromatic N) is 6. The van der Waals surface area contributed by atoms with Gasteiger partial charge in [0.25, 0.3) is 11.3 Å². The summed E-state index contributed by atoms with van der Waals surface area (Å²) in [6.07, 6.45) is 2.07. The Bertz CT molecular complexity index is 1330. The maximum Gasteiger partial charge on any atom is 0.258 e. The fourth-order valence-electron chi connectivity index (χ4n) is 3.34. The molecule has 3 aromatic heterocycles. The van der Waals surface area contributed by atoms with E-state index in [-0.39, 0.29) is 24.4 Å². The third-order valence-corrected chi connectivity index (χ3v) is 5.55. The van der Waals surface area contributed by atoms with E-state index >= 15 is 0 Å². The average Bonchev–Trinajstić information content (AvgIpc) is 3.14. The van der Waals surface area contributed by atoms with Gasteiger partial charge in [0.05, 0.1) is 23.9 Å². The maximum atomic E-state index is 12.9. The molecule has 0 radical (unpaired) electrons. The van der Waals surface area contributed by atoms with Crippen LogP contribution in [0.2, 0.25) is 0 Å². The molecular weight excluding hydrogens is 402 g/mol. The molecule has 30 heavy (non-hydrogen) atoms. The van der Waals surface area contributed by atoms with Crippen LogP contribution in [-0.2, 0) is 17.8 Å². The van der Waals surface area contributed by atoms with Gasteiger partial charge in [0.15, 0.2) is 0 Å². The molecule has 0 saturated heterocycles. The van der Waals surface area contributed by atoms with Gasteiger partial charge >= 0.3 is 0 Å². The predicted octanol–water partition coefficient (Wildman–Crippen LogP) is 1.90. The van der Waals surface area contributed by atoms with Gasteiger partial charge in [-0.3, -0.25) is 9.59 Å². The lowest BCUT2D eigenvalue weighted by atomic mass is 10.1. The smallest absolute Gasteiger partial charge is 0.258 e. The zero-order valence-corrected chi connectivity index (χ0v) is 17.9. The predicted molar refractivity (Wildman–Crippen MR) is 115 cm³/mol. The van der Waals surface area contributed by atoms with Crippen LogP contribution in [0.25, 0.3) is 16.7 Å². The highest BCUT2D eigenvalue weighted by Crippen LogP contribution is 2.18. The Hall–Kier alpha value is -3.27. The quantitative estimate of drug-likeness (QED) is 0.488. The Labute approximate surface area is 176 Å². The fraction of sp³-hybridized carbons (Fsp3) is 0.300.